The zero-order valence-electron chi connectivity index (χ0n) is 10.8. The van der Waals surface area contributed by atoms with Crippen LogP contribution in [0.3, 0.4) is 0 Å². The fraction of sp³-hybridized carbons (Fsp3) is 0.333. The molecule has 2 aromatic rings. The average molecular weight is 305 g/mol. The van der Waals surface area contributed by atoms with Crippen LogP contribution in [0.2, 0.25) is 0 Å². The van der Waals surface area contributed by atoms with E-state index in [0.29, 0.717) is 0 Å². The highest BCUT2D eigenvalue weighted by Gasteiger charge is 2.05. The van der Waals surface area contributed by atoms with Crippen LogP contribution in [-0.2, 0) is 12.8 Å². The molecule has 0 spiro atoms. The van der Waals surface area contributed by atoms with E-state index >= 15 is 0 Å². The maximum absolute atomic E-state index is 4.61. The highest BCUT2D eigenvalue weighted by atomic mass is 79.9. The third kappa shape index (κ3) is 3.16. The molecule has 1 heterocycles. The van der Waals surface area contributed by atoms with E-state index in [0.717, 1.165) is 40.9 Å². The summed E-state index contributed by atoms with van der Waals surface area (Å²) in [6, 6.07) is 10.5. The number of hydrogen-bond acceptors (Lipinski definition) is 2. The number of rotatable bonds is 4. The summed E-state index contributed by atoms with van der Waals surface area (Å²) >= 11 is 3.46. The molecule has 1 aromatic carbocycles. The summed E-state index contributed by atoms with van der Waals surface area (Å²) in [6.45, 7) is 4.30. The van der Waals surface area contributed by atoms with Crippen molar-refractivity contribution in [1.82, 2.24) is 9.97 Å². The molecular formula is C15H17BrN2. The lowest BCUT2D eigenvalue weighted by atomic mass is 10.1. The number of benzene rings is 1. The van der Waals surface area contributed by atoms with Crippen molar-refractivity contribution in [3.05, 3.63) is 46.3 Å². The quantitative estimate of drug-likeness (QED) is 0.781. The van der Waals surface area contributed by atoms with Crippen LogP contribution in [0.25, 0.3) is 11.3 Å². The van der Waals surface area contributed by atoms with Crippen LogP contribution in [0.4, 0.5) is 0 Å². The monoisotopic (exact) mass is 304 g/mol. The predicted molar refractivity (Wildman–Crippen MR) is 78.5 cm³/mol. The molecule has 0 unspecified atom stereocenters. The topological polar surface area (TPSA) is 25.8 Å². The first-order chi connectivity index (χ1) is 8.72. The minimum absolute atomic E-state index is 0.857. The summed E-state index contributed by atoms with van der Waals surface area (Å²) < 4.78 is 0.857. The first kappa shape index (κ1) is 13.2. The number of hydrogen-bond donors (Lipinski definition) is 0. The van der Waals surface area contributed by atoms with Crippen molar-refractivity contribution >= 4 is 15.9 Å². The summed E-state index contributed by atoms with van der Waals surface area (Å²) in [5.74, 6) is 0.904. The molecule has 0 aliphatic heterocycles. The molecule has 0 aliphatic carbocycles. The Morgan fingerprint density at radius 2 is 1.78 bits per heavy atom. The second-order valence-electron chi connectivity index (χ2n) is 4.29. The van der Waals surface area contributed by atoms with E-state index in [1.807, 2.05) is 6.07 Å². The molecule has 0 N–H and O–H groups in total. The Bertz CT molecular complexity index is 521. The largest absolute Gasteiger partial charge is 0.233 e. The lowest BCUT2D eigenvalue weighted by Crippen LogP contribution is -1.97. The minimum atomic E-state index is 0.857. The minimum Gasteiger partial charge on any atom is -0.233 e. The fourth-order valence-electron chi connectivity index (χ4n) is 1.86. The van der Waals surface area contributed by atoms with Gasteiger partial charge in [0.25, 0.3) is 0 Å². The van der Waals surface area contributed by atoms with Crippen molar-refractivity contribution in [1.29, 1.82) is 0 Å². The van der Waals surface area contributed by atoms with Crippen LogP contribution < -0.4 is 0 Å². The first-order valence-electron chi connectivity index (χ1n) is 6.35. The third-order valence-corrected chi connectivity index (χ3v) is 3.28. The summed E-state index contributed by atoms with van der Waals surface area (Å²) in [5.41, 5.74) is 3.48. The highest BCUT2D eigenvalue weighted by molar-refractivity contribution is 9.10. The van der Waals surface area contributed by atoms with Crippen LogP contribution >= 0.6 is 15.9 Å². The van der Waals surface area contributed by atoms with Gasteiger partial charge in [0.05, 0.1) is 5.69 Å². The Kier molecular flexibility index (Phi) is 4.48. The zero-order valence-corrected chi connectivity index (χ0v) is 12.4. The van der Waals surface area contributed by atoms with Gasteiger partial charge in [-0.3, -0.25) is 0 Å². The van der Waals surface area contributed by atoms with E-state index in [1.54, 1.807) is 0 Å². The normalized spacial score (nSPS) is 10.6. The van der Waals surface area contributed by atoms with E-state index < -0.39 is 0 Å². The second-order valence-corrected chi connectivity index (χ2v) is 5.11. The van der Waals surface area contributed by atoms with Crippen LogP contribution in [0, 0.1) is 0 Å². The number of halogens is 1. The molecule has 94 valence electrons. The van der Waals surface area contributed by atoms with Crippen molar-refractivity contribution < 1.29 is 0 Å². The molecule has 0 bridgehead atoms. The van der Waals surface area contributed by atoms with Crippen molar-refractivity contribution in [2.24, 2.45) is 0 Å². The molecule has 0 fully saturated rings. The van der Waals surface area contributed by atoms with Gasteiger partial charge >= 0.3 is 0 Å². The van der Waals surface area contributed by atoms with Gasteiger partial charge in [-0.05, 0) is 40.4 Å². The van der Waals surface area contributed by atoms with Gasteiger partial charge in [-0.1, -0.05) is 38.1 Å². The van der Waals surface area contributed by atoms with Crippen LogP contribution in [0.1, 0.15) is 31.7 Å². The summed E-state index contributed by atoms with van der Waals surface area (Å²) in [4.78, 5) is 9.00. The molecule has 18 heavy (non-hydrogen) atoms. The van der Waals surface area contributed by atoms with E-state index in [-0.39, 0.29) is 0 Å². The Balaban J connectivity index is 2.36. The van der Waals surface area contributed by atoms with E-state index in [4.69, 9.17) is 0 Å². The maximum Gasteiger partial charge on any atom is 0.130 e. The van der Waals surface area contributed by atoms with Gasteiger partial charge in [-0.25, -0.2) is 9.97 Å². The smallest absolute Gasteiger partial charge is 0.130 e. The Morgan fingerprint density at radius 1 is 1.06 bits per heavy atom. The van der Waals surface area contributed by atoms with Crippen LogP contribution in [0.15, 0.2) is 34.9 Å². The van der Waals surface area contributed by atoms with E-state index in [2.05, 4.69) is 64.0 Å². The Hall–Kier alpha value is -1.22. The summed E-state index contributed by atoms with van der Waals surface area (Å²) in [6.07, 6.45) is 3.04. The lowest BCUT2D eigenvalue weighted by molar-refractivity contribution is 0.831. The van der Waals surface area contributed by atoms with E-state index in [9.17, 15) is 0 Å². The number of nitrogens with zero attached hydrogens (tertiary/aromatic N) is 2. The molecule has 3 heteroatoms. The van der Waals surface area contributed by atoms with Crippen molar-refractivity contribution in [3.63, 3.8) is 0 Å². The number of aromatic nitrogens is 2. The van der Waals surface area contributed by atoms with Gasteiger partial charge in [0, 0.05) is 12.0 Å². The molecule has 0 saturated carbocycles. The fourth-order valence-corrected chi connectivity index (χ4v) is 2.28. The number of aryl methyl sites for hydroxylation is 2. The average Bonchev–Trinajstić information content (AvgIpc) is 2.38. The molecule has 0 amide bonds. The van der Waals surface area contributed by atoms with Crippen LogP contribution in [-0.4, -0.2) is 9.97 Å². The summed E-state index contributed by atoms with van der Waals surface area (Å²) in [7, 11) is 0. The Morgan fingerprint density at radius 3 is 2.39 bits per heavy atom. The Labute approximate surface area is 117 Å². The molecule has 2 nitrogen and oxygen atoms in total. The van der Waals surface area contributed by atoms with Gasteiger partial charge in [0.2, 0.25) is 0 Å². The molecular weight excluding hydrogens is 288 g/mol. The van der Waals surface area contributed by atoms with Crippen molar-refractivity contribution in [2.75, 3.05) is 0 Å². The molecule has 0 radical (unpaired) electrons. The van der Waals surface area contributed by atoms with E-state index in [1.165, 1.54) is 5.56 Å². The molecule has 2 rings (SSSR count). The zero-order chi connectivity index (χ0) is 13.0. The molecule has 0 atom stereocenters. The highest BCUT2D eigenvalue weighted by Crippen LogP contribution is 2.21. The second kappa shape index (κ2) is 6.10. The summed E-state index contributed by atoms with van der Waals surface area (Å²) in [5, 5.41) is 0. The van der Waals surface area contributed by atoms with Crippen molar-refractivity contribution in [2.45, 2.75) is 33.1 Å². The third-order valence-electron chi connectivity index (χ3n) is 2.87. The first-order valence-corrected chi connectivity index (χ1v) is 7.15. The van der Waals surface area contributed by atoms with Gasteiger partial charge in [0.1, 0.15) is 10.4 Å². The van der Waals surface area contributed by atoms with Gasteiger partial charge in [-0.2, -0.15) is 0 Å². The van der Waals surface area contributed by atoms with Gasteiger partial charge in [0.15, 0.2) is 0 Å². The van der Waals surface area contributed by atoms with Gasteiger partial charge < -0.3 is 0 Å². The molecule has 0 aliphatic rings. The maximum atomic E-state index is 4.61. The predicted octanol–water partition coefficient (Wildman–Crippen LogP) is 4.42. The molecule has 1 aromatic heterocycles. The van der Waals surface area contributed by atoms with Crippen LogP contribution in [0.5, 0.6) is 0 Å². The SMILES string of the molecule is CCCc1nc(Br)cc(-c2ccc(CC)cc2)n1. The van der Waals surface area contributed by atoms with Gasteiger partial charge in [-0.15, -0.1) is 0 Å². The molecule has 0 saturated heterocycles. The van der Waals surface area contributed by atoms with Crippen molar-refractivity contribution in [3.8, 4) is 11.3 Å². The lowest BCUT2D eigenvalue weighted by Gasteiger charge is -2.05. The standard InChI is InChI=1S/C15H17BrN2/c1-3-5-15-17-13(10-14(16)18-15)12-8-6-11(4-2)7-9-12/h6-10H,3-5H2,1-2H3.